The lowest BCUT2D eigenvalue weighted by atomic mass is 10.0. The van der Waals surface area contributed by atoms with E-state index in [1.165, 1.54) is 5.56 Å². The molecule has 2 amide bonds. The van der Waals surface area contributed by atoms with E-state index in [9.17, 15) is 4.79 Å². The van der Waals surface area contributed by atoms with E-state index in [0.29, 0.717) is 35.0 Å². The number of piperazine rings is 1. The normalized spacial score (nSPS) is 17.9. The van der Waals surface area contributed by atoms with E-state index in [0.717, 1.165) is 42.7 Å². The number of urea groups is 1. The third-order valence-electron chi connectivity index (χ3n) is 7.91. The Hall–Kier alpha value is -5.16. The van der Waals surface area contributed by atoms with Gasteiger partial charge in [0.15, 0.2) is 5.82 Å². The van der Waals surface area contributed by atoms with Crippen LogP contribution in [0.4, 0.5) is 22.2 Å². The van der Waals surface area contributed by atoms with E-state index < -0.39 is 0 Å². The molecule has 0 saturated carbocycles. The minimum absolute atomic E-state index is 0.289. The molecule has 2 bridgehead atoms. The standard InChI is InChI=1S/C31H30N10O/c1-20-11-13-22(14-12-20)32-31(42)35-28-16-27(25-9-5-6-10-26(25)29-36-38-39-37-29)33-30(34-28)41-19-23-15-24(41)18-40(23)17-21-7-3-2-4-8-21/h2-14,16,23-24H,15,17-19H2,1H3,(H,36,37,38,39)(H2,32,33,34,35,42)/t23-,24-/m0/s1. The second-order valence-electron chi connectivity index (χ2n) is 10.8. The average molecular weight is 559 g/mol. The van der Waals surface area contributed by atoms with Crippen molar-refractivity contribution in [2.24, 2.45) is 0 Å². The van der Waals surface area contributed by atoms with E-state index in [-0.39, 0.29) is 12.1 Å². The summed E-state index contributed by atoms with van der Waals surface area (Å²) < 4.78 is 0. The molecule has 11 nitrogen and oxygen atoms in total. The van der Waals surface area contributed by atoms with Gasteiger partial charge in [-0.15, -0.1) is 5.10 Å². The molecular weight excluding hydrogens is 528 g/mol. The molecule has 2 aliphatic rings. The molecule has 11 heteroatoms. The van der Waals surface area contributed by atoms with Crippen LogP contribution in [0, 0.1) is 6.92 Å². The maximum absolute atomic E-state index is 13.0. The van der Waals surface area contributed by atoms with E-state index >= 15 is 0 Å². The highest BCUT2D eigenvalue weighted by molar-refractivity contribution is 5.99. The minimum Gasteiger partial charge on any atom is -0.335 e. The summed E-state index contributed by atoms with van der Waals surface area (Å²) in [7, 11) is 0. The predicted octanol–water partition coefficient (Wildman–Crippen LogP) is 4.74. The molecule has 0 spiro atoms. The molecule has 2 saturated heterocycles. The maximum Gasteiger partial charge on any atom is 0.324 e. The van der Waals surface area contributed by atoms with Crippen LogP contribution in [0.25, 0.3) is 22.6 Å². The molecule has 2 aromatic heterocycles. The van der Waals surface area contributed by atoms with Crippen LogP contribution >= 0.6 is 0 Å². The van der Waals surface area contributed by atoms with Crippen molar-refractivity contribution >= 4 is 23.5 Å². The topological polar surface area (TPSA) is 128 Å². The number of tetrazole rings is 1. The third kappa shape index (κ3) is 5.29. The number of aryl methyl sites for hydroxylation is 1. The summed E-state index contributed by atoms with van der Waals surface area (Å²) in [5, 5.41) is 20.3. The summed E-state index contributed by atoms with van der Waals surface area (Å²) in [6, 6.07) is 28.1. The van der Waals surface area contributed by atoms with Gasteiger partial charge in [0.1, 0.15) is 5.82 Å². The Morgan fingerprint density at radius 2 is 1.69 bits per heavy atom. The number of carbonyl (C=O) groups excluding carboxylic acids is 1. The van der Waals surface area contributed by atoms with Crippen molar-refractivity contribution in [3.05, 3.63) is 96.1 Å². The maximum atomic E-state index is 13.0. The predicted molar refractivity (Wildman–Crippen MR) is 161 cm³/mol. The molecular formula is C31H30N10O. The fourth-order valence-corrected chi connectivity index (χ4v) is 5.87. The molecule has 2 aliphatic heterocycles. The number of nitrogens with zero attached hydrogens (tertiary/aromatic N) is 7. The van der Waals surface area contributed by atoms with Crippen molar-refractivity contribution < 1.29 is 4.79 Å². The van der Waals surface area contributed by atoms with E-state index in [1.807, 2.05) is 55.5 Å². The number of fused-ring (bicyclic) bond motifs is 2. The molecule has 42 heavy (non-hydrogen) atoms. The second-order valence-corrected chi connectivity index (χ2v) is 10.8. The van der Waals surface area contributed by atoms with Crippen molar-refractivity contribution in [2.75, 3.05) is 28.6 Å². The molecule has 210 valence electrons. The molecule has 3 N–H and O–H groups in total. The van der Waals surface area contributed by atoms with Gasteiger partial charge < -0.3 is 10.2 Å². The van der Waals surface area contributed by atoms with Crippen LogP contribution in [0.5, 0.6) is 0 Å². The van der Waals surface area contributed by atoms with Gasteiger partial charge in [-0.2, -0.15) is 4.98 Å². The number of aromatic amines is 1. The first-order valence-corrected chi connectivity index (χ1v) is 14.0. The van der Waals surface area contributed by atoms with Crippen molar-refractivity contribution in [3.63, 3.8) is 0 Å². The van der Waals surface area contributed by atoms with E-state index in [2.05, 4.69) is 71.4 Å². The Bertz CT molecular complexity index is 1690. The number of hydrogen-bond donors (Lipinski definition) is 3. The highest BCUT2D eigenvalue weighted by Gasteiger charge is 2.44. The summed E-state index contributed by atoms with van der Waals surface area (Å²) in [6.07, 6.45) is 1.05. The first-order valence-electron chi connectivity index (χ1n) is 14.0. The lowest BCUT2D eigenvalue weighted by molar-refractivity contribution is 0.229. The number of anilines is 3. The first kappa shape index (κ1) is 25.8. The molecule has 2 atom stereocenters. The number of H-pyrrole nitrogens is 1. The fourth-order valence-electron chi connectivity index (χ4n) is 5.87. The third-order valence-corrected chi connectivity index (χ3v) is 7.91. The van der Waals surface area contributed by atoms with Crippen molar-refractivity contribution in [3.8, 4) is 22.6 Å². The second kappa shape index (κ2) is 11.0. The zero-order chi connectivity index (χ0) is 28.5. The van der Waals surface area contributed by atoms with Gasteiger partial charge in [-0.25, -0.2) is 14.9 Å². The van der Waals surface area contributed by atoms with Crippen LogP contribution in [0.2, 0.25) is 0 Å². The number of aromatic nitrogens is 6. The van der Waals surface area contributed by atoms with Crippen LogP contribution in [-0.4, -0.2) is 66.7 Å². The molecule has 4 heterocycles. The van der Waals surface area contributed by atoms with E-state index in [4.69, 9.17) is 9.97 Å². The SMILES string of the molecule is Cc1ccc(NC(=O)Nc2cc(-c3ccccc3-c3nnn[nH]3)nc(N3C[C@@H]4C[C@H]3CN4Cc3ccccc3)n2)cc1. The quantitative estimate of drug-likeness (QED) is 0.261. The molecule has 7 rings (SSSR count). The van der Waals surface area contributed by atoms with Gasteiger partial charge in [0, 0.05) is 54.6 Å². The van der Waals surface area contributed by atoms with Gasteiger partial charge >= 0.3 is 6.03 Å². The van der Waals surface area contributed by atoms with Crippen molar-refractivity contribution in [1.82, 2.24) is 35.5 Å². The molecule has 0 aliphatic carbocycles. The summed E-state index contributed by atoms with van der Waals surface area (Å²) in [4.78, 5) is 27.7. The number of hydrogen-bond acceptors (Lipinski definition) is 8. The number of rotatable bonds is 7. The van der Waals surface area contributed by atoms with Crippen molar-refractivity contribution in [2.45, 2.75) is 32.0 Å². The Morgan fingerprint density at radius 1 is 0.905 bits per heavy atom. The van der Waals surface area contributed by atoms with Crippen LogP contribution < -0.4 is 15.5 Å². The van der Waals surface area contributed by atoms with Crippen LogP contribution in [0.15, 0.2) is 84.9 Å². The van der Waals surface area contributed by atoms with Gasteiger partial charge in [-0.05, 0) is 41.5 Å². The fraction of sp³-hybridized carbons (Fsp3) is 0.226. The lowest BCUT2D eigenvalue weighted by Crippen LogP contribution is -2.46. The lowest BCUT2D eigenvalue weighted by Gasteiger charge is -2.34. The van der Waals surface area contributed by atoms with E-state index in [1.54, 1.807) is 6.07 Å². The summed E-state index contributed by atoms with van der Waals surface area (Å²) >= 11 is 0. The Morgan fingerprint density at radius 3 is 2.43 bits per heavy atom. The van der Waals surface area contributed by atoms with Gasteiger partial charge in [0.05, 0.1) is 5.69 Å². The molecule has 0 radical (unpaired) electrons. The van der Waals surface area contributed by atoms with Gasteiger partial charge in [-0.1, -0.05) is 72.3 Å². The molecule has 3 aromatic carbocycles. The summed E-state index contributed by atoms with van der Waals surface area (Å²) in [5.41, 5.74) is 5.44. The Labute approximate surface area is 243 Å². The minimum atomic E-state index is -0.376. The molecule has 5 aromatic rings. The monoisotopic (exact) mass is 558 g/mol. The smallest absolute Gasteiger partial charge is 0.324 e. The number of nitrogens with one attached hydrogen (secondary N) is 3. The Balaban J connectivity index is 1.19. The number of likely N-dealkylation sites (tertiary alicyclic amines) is 1. The number of amides is 2. The number of carbonyl (C=O) groups is 1. The molecule has 0 unspecified atom stereocenters. The highest BCUT2D eigenvalue weighted by Crippen LogP contribution is 2.36. The van der Waals surface area contributed by atoms with Gasteiger partial charge in [0.2, 0.25) is 5.95 Å². The van der Waals surface area contributed by atoms with Crippen molar-refractivity contribution in [1.29, 1.82) is 0 Å². The zero-order valence-electron chi connectivity index (χ0n) is 23.1. The van der Waals surface area contributed by atoms with Crippen LogP contribution in [0.1, 0.15) is 17.5 Å². The Kier molecular flexibility index (Phi) is 6.76. The largest absolute Gasteiger partial charge is 0.335 e. The highest BCUT2D eigenvalue weighted by atomic mass is 16.2. The molecule has 2 fully saturated rings. The summed E-state index contributed by atoms with van der Waals surface area (Å²) in [6.45, 7) is 4.70. The number of benzene rings is 3. The van der Waals surface area contributed by atoms with Crippen LogP contribution in [0.3, 0.4) is 0 Å². The summed E-state index contributed by atoms with van der Waals surface area (Å²) in [5.74, 6) is 1.54. The zero-order valence-corrected chi connectivity index (χ0v) is 23.1. The van der Waals surface area contributed by atoms with Gasteiger partial charge in [-0.3, -0.25) is 10.2 Å². The van der Waals surface area contributed by atoms with Crippen LogP contribution in [-0.2, 0) is 6.54 Å². The first-order chi connectivity index (χ1) is 20.6. The average Bonchev–Trinajstić information content (AvgIpc) is 3.77. The van der Waals surface area contributed by atoms with Gasteiger partial charge in [0.25, 0.3) is 0 Å².